The Bertz CT molecular complexity index is 1120. The van der Waals surface area contributed by atoms with Crippen LogP contribution in [0.3, 0.4) is 0 Å². The van der Waals surface area contributed by atoms with E-state index in [4.69, 9.17) is 0 Å². The van der Waals surface area contributed by atoms with E-state index in [1.54, 1.807) is 6.92 Å². The number of hydrogen-bond acceptors (Lipinski definition) is 4. The van der Waals surface area contributed by atoms with Gasteiger partial charge in [0.1, 0.15) is 11.3 Å². The first kappa shape index (κ1) is 20.7. The van der Waals surface area contributed by atoms with Gasteiger partial charge < -0.3 is 10.4 Å². The van der Waals surface area contributed by atoms with E-state index in [0.717, 1.165) is 10.7 Å². The second kappa shape index (κ2) is 6.80. The van der Waals surface area contributed by atoms with Gasteiger partial charge in [0, 0.05) is 25.6 Å². The zero-order valence-electron chi connectivity index (χ0n) is 16.0. The Morgan fingerprint density at radius 3 is 2.48 bits per heavy atom. The van der Waals surface area contributed by atoms with Crippen LogP contribution in [0.2, 0.25) is 0 Å². The molecule has 2 aromatic heterocycles. The number of carbonyl (C=O) groups excluding carboxylic acids is 1. The molecule has 1 aromatic carbocycles. The summed E-state index contributed by atoms with van der Waals surface area (Å²) in [5, 5.41) is 16.3. The summed E-state index contributed by atoms with van der Waals surface area (Å²) in [4.78, 5) is 15.3. The minimum atomic E-state index is -4.99. The lowest BCUT2D eigenvalue weighted by molar-refractivity contribution is -0.260. The number of rotatable bonds is 3. The van der Waals surface area contributed by atoms with Crippen LogP contribution >= 0.6 is 0 Å². The van der Waals surface area contributed by atoms with Gasteiger partial charge in [0.2, 0.25) is 5.91 Å². The number of nitrogens with zero attached hydrogens (tertiary/aromatic N) is 3. The number of anilines is 1. The van der Waals surface area contributed by atoms with Crippen molar-refractivity contribution in [2.75, 3.05) is 5.32 Å². The molecule has 1 atom stereocenters. The number of hydrogen-bond donors (Lipinski definition) is 2. The number of fused-ring (bicyclic) bond motifs is 1. The lowest BCUT2D eigenvalue weighted by Gasteiger charge is -2.26. The first-order valence-electron chi connectivity index (χ1n) is 8.53. The Balaban J connectivity index is 2.28. The normalized spacial score (nSPS) is 14.1. The van der Waals surface area contributed by atoms with Gasteiger partial charge in [-0.25, -0.2) is 9.37 Å². The monoisotopic (exact) mass is 410 g/mol. The van der Waals surface area contributed by atoms with Crippen molar-refractivity contribution in [2.24, 2.45) is 7.05 Å². The van der Waals surface area contributed by atoms with Crippen LogP contribution in [0, 0.1) is 12.7 Å². The zero-order valence-corrected chi connectivity index (χ0v) is 16.0. The maximum absolute atomic E-state index is 14.7. The molecule has 0 spiro atoms. The van der Waals surface area contributed by atoms with Crippen LogP contribution in [0.25, 0.3) is 22.0 Å². The topological polar surface area (TPSA) is 80.0 Å². The second-order valence-corrected chi connectivity index (χ2v) is 6.96. The Morgan fingerprint density at radius 2 is 1.90 bits per heavy atom. The molecule has 154 valence electrons. The lowest BCUT2D eigenvalue weighted by atomic mass is 9.94. The molecular weight excluding hydrogens is 392 g/mol. The van der Waals surface area contributed by atoms with Crippen molar-refractivity contribution in [3.63, 3.8) is 0 Å². The standard InChI is InChI=1S/C19H18F4N4O2/c1-9-8-24-15(25-10(2)28)7-12(9)11-5-13-16(14(20)6-11)26-27(4)17(13)18(3,29)19(21,22)23/h5-8,29H,1-4H3,(H,24,25,28). The summed E-state index contributed by atoms with van der Waals surface area (Å²) in [7, 11) is 1.21. The number of aryl methyl sites for hydroxylation is 2. The zero-order chi connectivity index (χ0) is 21.7. The summed E-state index contributed by atoms with van der Waals surface area (Å²) in [6.07, 6.45) is -3.54. The number of carbonyl (C=O) groups is 1. The van der Waals surface area contributed by atoms with E-state index < -0.39 is 23.3 Å². The van der Waals surface area contributed by atoms with Gasteiger partial charge in [-0.3, -0.25) is 9.48 Å². The molecule has 2 N–H and O–H groups in total. The summed E-state index contributed by atoms with van der Waals surface area (Å²) >= 11 is 0. The molecule has 0 aliphatic carbocycles. The first-order chi connectivity index (χ1) is 13.3. The molecule has 1 amide bonds. The van der Waals surface area contributed by atoms with Crippen molar-refractivity contribution in [1.82, 2.24) is 14.8 Å². The maximum atomic E-state index is 14.7. The third kappa shape index (κ3) is 3.55. The molecule has 29 heavy (non-hydrogen) atoms. The van der Waals surface area contributed by atoms with Crippen LogP contribution in [0.4, 0.5) is 23.4 Å². The number of nitrogens with one attached hydrogen (secondary N) is 1. The summed E-state index contributed by atoms with van der Waals surface area (Å²) in [6, 6.07) is 3.97. The van der Waals surface area contributed by atoms with E-state index in [1.807, 2.05) is 0 Å². The van der Waals surface area contributed by atoms with Crippen LogP contribution < -0.4 is 5.32 Å². The van der Waals surface area contributed by atoms with E-state index >= 15 is 0 Å². The number of pyridine rings is 1. The van der Waals surface area contributed by atoms with Crippen molar-refractivity contribution in [3.8, 4) is 11.1 Å². The molecule has 1 unspecified atom stereocenters. The Hall–Kier alpha value is -3.01. The van der Waals surface area contributed by atoms with E-state index in [-0.39, 0.29) is 28.2 Å². The molecule has 2 heterocycles. The van der Waals surface area contributed by atoms with Crippen LogP contribution in [0.1, 0.15) is 25.1 Å². The predicted octanol–water partition coefficient (Wildman–Crippen LogP) is 3.81. The molecule has 0 bridgehead atoms. The molecule has 0 aliphatic heterocycles. The molecule has 3 rings (SSSR count). The second-order valence-electron chi connectivity index (χ2n) is 6.96. The van der Waals surface area contributed by atoms with Crippen molar-refractivity contribution >= 4 is 22.6 Å². The average molecular weight is 410 g/mol. The van der Waals surface area contributed by atoms with Crippen LogP contribution in [0.5, 0.6) is 0 Å². The molecular formula is C19H18F4N4O2. The van der Waals surface area contributed by atoms with Gasteiger partial charge in [-0.2, -0.15) is 18.3 Å². The van der Waals surface area contributed by atoms with Crippen LogP contribution in [-0.4, -0.2) is 32.0 Å². The molecule has 3 aromatic rings. The van der Waals surface area contributed by atoms with Crippen LogP contribution in [-0.2, 0) is 17.4 Å². The van der Waals surface area contributed by atoms with Crippen molar-refractivity contribution < 1.29 is 27.5 Å². The van der Waals surface area contributed by atoms with E-state index in [0.29, 0.717) is 18.1 Å². The molecule has 10 heteroatoms. The van der Waals surface area contributed by atoms with Crippen molar-refractivity contribution in [3.05, 3.63) is 41.5 Å². The van der Waals surface area contributed by atoms with Crippen molar-refractivity contribution in [1.29, 1.82) is 0 Å². The predicted molar refractivity (Wildman–Crippen MR) is 98.6 cm³/mol. The van der Waals surface area contributed by atoms with E-state index in [1.165, 1.54) is 32.3 Å². The lowest BCUT2D eigenvalue weighted by Crippen LogP contribution is -2.41. The van der Waals surface area contributed by atoms with Gasteiger partial charge in [0.05, 0.1) is 5.69 Å². The third-order valence-electron chi connectivity index (χ3n) is 4.62. The minimum Gasteiger partial charge on any atom is -0.375 e. The molecule has 0 saturated heterocycles. The average Bonchev–Trinajstić information content (AvgIpc) is 2.92. The van der Waals surface area contributed by atoms with Gasteiger partial charge in [0.15, 0.2) is 11.4 Å². The maximum Gasteiger partial charge on any atom is 0.422 e. The smallest absolute Gasteiger partial charge is 0.375 e. The van der Waals surface area contributed by atoms with Gasteiger partial charge in [-0.1, -0.05) is 0 Å². The highest BCUT2D eigenvalue weighted by Crippen LogP contribution is 2.42. The van der Waals surface area contributed by atoms with Crippen LogP contribution in [0.15, 0.2) is 24.4 Å². The Labute approximate surface area is 163 Å². The number of benzene rings is 1. The molecule has 0 radical (unpaired) electrons. The van der Waals surface area contributed by atoms with Gasteiger partial charge in [0.25, 0.3) is 0 Å². The molecule has 0 saturated carbocycles. The highest BCUT2D eigenvalue weighted by Gasteiger charge is 2.54. The van der Waals surface area contributed by atoms with E-state index in [2.05, 4.69) is 15.4 Å². The fourth-order valence-corrected chi connectivity index (χ4v) is 3.21. The largest absolute Gasteiger partial charge is 0.422 e. The number of aromatic nitrogens is 3. The van der Waals surface area contributed by atoms with Crippen molar-refractivity contribution in [2.45, 2.75) is 32.5 Å². The first-order valence-corrected chi connectivity index (χ1v) is 8.53. The number of halogens is 4. The Morgan fingerprint density at radius 1 is 1.24 bits per heavy atom. The van der Waals surface area contributed by atoms with Gasteiger partial charge >= 0.3 is 6.18 Å². The quantitative estimate of drug-likeness (QED) is 0.644. The van der Waals surface area contributed by atoms with Gasteiger partial charge in [-0.15, -0.1) is 0 Å². The fourth-order valence-electron chi connectivity index (χ4n) is 3.21. The minimum absolute atomic E-state index is 0.165. The number of alkyl halides is 3. The Kier molecular flexibility index (Phi) is 4.86. The third-order valence-corrected chi connectivity index (χ3v) is 4.62. The summed E-state index contributed by atoms with van der Waals surface area (Å²) in [5.41, 5.74) is -2.76. The number of aliphatic hydroxyl groups is 1. The number of amides is 1. The molecule has 6 nitrogen and oxygen atoms in total. The SMILES string of the molecule is CC(=O)Nc1cc(-c2cc(F)c3nn(C)c(C(C)(O)C(F)(F)F)c3c2)c(C)cn1. The summed E-state index contributed by atoms with van der Waals surface area (Å²) in [6.45, 7) is 3.59. The van der Waals surface area contributed by atoms with E-state index in [9.17, 15) is 27.5 Å². The molecule has 0 aliphatic rings. The fraction of sp³-hybridized carbons (Fsp3) is 0.316. The summed E-state index contributed by atoms with van der Waals surface area (Å²) in [5.74, 6) is -0.980. The van der Waals surface area contributed by atoms with Gasteiger partial charge in [-0.05, 0) is 48.7 Å². The summed E-state index contributed by atoms with van der Waals surface area (Å²) < 4.78 is 55.9. The highest BCUT2D eigenvalue weighted by molar-refractivity contribution is 5.91. The highest BCUT2D eigenvalue weighted by atomic mass is 19.4. The molecule has 0 fully saturated rings.